The van der Waals surface area contributed by atoms with E-state index in [1.54, 1.807) is 12.1 Å². The Morgan fingerprint density at radius 3 is 2.56 bits per heavy atom. The topological polar surface area (TPSA) is 89.1 Å². The number of amides is 2. The highest BCUT2D eigenvalue weighted by Crippen LogP contribution is 2.37. The summed E-state index contributed by atoms with van der Waals surface area (Å²) in [6, 6.07) is 3.39. The number of nitrogens with zero attached hydrogens (tertiary/aromatic N) is 1. The molecule has 0 saturated carbocycles. The van der Waals surface area contributed by atoms with E-state index in [-0.39, 0.29) is 30.4 Å². The van der Waals surface area contributed by atoms with E-state index in [1.165, 1.54) is 0 Å². The zero-order chi connectivity index (χ0) is 22.9. The molecule has 0 atom stereocenters. The Balaban J connectivity index is 1.39. The normalized spacial score (nSPS) is 17.1. The summed E-state index contributed by atoms with van der Waals surface area (Å²) in [4.78, 5) is 27.0. The molecule has 0 aliphatic carbocycles. The van der Waals surface area contributed by atoms with E-state index < -0.39 is 0 Å². The Morgan fingerprint density at radius 2 is 1.88 bits per heavy atom. The van der Waals surface area contributed by atoms with E-state index in [9.17, 15) is 9.59 Å². The van der Waals surface area contributed by atoms with Gasteiger partial charge in [-0.1, -0.05) is 11.6 Å². The number of fused-ring (bicyclic) bond motifs is 1. The fourth-order valence-corrected chi connectivity index (χ4v) is 3.97. The molecular weight excluding hydrogens is 434 g/mol. The van der Waals surface area contributed by atoms with E-state index in [4.69, 9.17) is 25.8 Å². The van der Waals surface area contributed by atoms with Gasteiger partial charge in [0.2, 0.25) is 11.8 Å². The van der Waals surface area contributed by atoms with Crippen LogP contribution in [0.25, 0.3) is 0 Å². The lowest BCUT2D eigenvalue weighted by atomic mass is 9.96. The van der Waals surface area contributed by atoms with Crippen LogP contribution in [0.4, 0.5) is 5.69 Å². The van der Waals surface area contributed by atoms with Crippen molar-refractivity contribution < 1.29 is 23.8 Å². The van der Waals surface area contributed by atoms with Crippen LogP contribution >= 0.6 is 11.6 Å². The van der Waals surface area contributed by atoms with Crippen molar-refractivity contribution in [3.63, 3.8) is 0 Å². The van der Waals surface area contributed by atoms with Crippen molar-refractivity contribution >= 4 is 29.1 Å². The summed E-state index contributed by atoms with van der Waals surface area (Å²) in [5.74, 6) is 1.13. The van der Waals surface area contributed by atoms with Crippen molar-refractivity contribution in [2.45, 2.75) is 45.6 Å². The molecule has 8 nitrogen and oxygen atoms in total. The van der Waals surface area contributed by atoms with Crippen LogP contribution < -0.4 is 20.1 Å². The van der Waals surface area contributed by atoms with E-state index in [2.05, 4.69) is 15.5 Å². The maximum absolute atomic E-state index is 12.6. The number of anilines is 1. The first kappa shape index (κ1) is 24.6. The lowest BCUT2D eigenvalue weighted by Crippen LogP contribution is -2.43. The van der Waals surface area contributed by atoms with E-state index in [1.807, 2.05) is 13.8 Å². The van der Waals surface area contributed by atoms with Crippen molar-refractivity contribution in [3.05, 3.63) is 17.2 Å². The molecule has 0 unspecified atom stereocenters. The van der Waals surface area contributed by atoms with Gasteiger partial charge in [-0.25, -0.2) is 0 Å². The SMILES string of the molecule is CC(C)OCCCNC(=O)C1CCN(CC(=O)Nc2cc3c(cc2Cl)OCCCO3)CC1. The molecule has 3 rings (SSSR count). The molecule has 2 amide bonds. The van der Waals surface area contributed by atoms with Crippen LogP contribution in [0.5, 0.6) is 11.5 Å². The summed E-state index contributed by atoms with van der Waals surface area (Å²) < 4.78 is 16.8. The number of likely N-dealkylation sites (tertiary alicyclic amines) is 1. The minimum Gasteiger partial charge on any atom is -0.490 e. The van der Waals surface area contributed by atoms with Gasteiger partial charge in [0.25, 0.3) is 0 Å². The Hall–Kier alpha value is -2.03. The number of halogens is 1. The molecule has 0 spiro atoms. The van der Waals surface area contributed by atoms with Crippen molar-refractivity contribution in [3.8, 4) is 11.5 Å². The molecule has 2 aliphatic rings. The van der Waals surface area contributed by atoms with Gasteiger partial charge in [0.15, 0.2) is 11.5 Å². The molecular formula is C23H34ClN3O5. The lowest BCUT2D eigenvalue weighted by Gasteiger charge is -2.30. The third kappa shape index (κ3) is 7.53. The standard InChI is InChI=1S/C23H34ClN3O5/c1-16(2)30-10-3-7-25-23(29)17-5-8-27(9-6-17)15-22(28)26-19-14-21-20(13-18(19)24)31-11-4-12-32-21/h13-14,16-17H,3-12,15H2,1-2H3,(H,25,29)(H,26,28). The second-order valence-electron chi connectivity index (χ2n) is 8.49. The Labute approximate surface area is 194 Å². The molecule has 178 valence electrons. The molecule has 0 aromatic heterocycles. The number of rotatable bonds is 9. The van der Waals surface area contributed by atoms with Gasteiger partial charge >= 0.3 is 0 Å². The van der Waals surface area contributed by atoms with Crippen molar-refractivity contribution in [2.24, 2.45) is 5.92 Å². The van der Waals surface area contributed by atoms with Gasteiger partial charge in [0, 0.05) is 37.6 Å². The fraction of sp³-hybridized carbons (Fsp3) is 0.652. The highest BCUT2D eigenvalue weighted by molar-refractivity contribution is 6.34. The summed E-state index contributed by atoms with van der Waals surface area (Å²) in [5, 5.41) is 6.28. The number of hydrogen-bond donors (Lipinski definition) is 2. The zero-order valence-corrected chi connectivity index (χ0v) is 19.7. The fourth-order valence-electron chi connectivity index (χ4n) is 3.77. The Morgan fingerprint density at radius 1 is 1.19 bits per heavy atom. The average molecular weight is 468 g/mol. The predicted octanol–water partition coefficient (Wildman–Crippen LogP) is 3.08. The molecule has 1 aromatic carbocycles. The molecule has 9 heteroatoms. The van der Waals surface area contributed by atoms with E-state index >= 15 is 0 Å². The third-order valence-corrected chi connectivity index (χ3v) is 5.82. The van der Waals surface area contributed by atoms with Crippen LogP contribution in [-0.2, 0) is 14.3 Å². The maximum Gasteiger partial charge on any atom is 0.238 e. The number of carbonyl (C=O) groups is 2. The maximum atomic E-state index is 12.6. The molecule has 1 fully saturated rings. The third-order valence-electron chi connectivity index (χ3n) is 5.51. The first-order valence-corrected chi connectivity index (χ1v) is 11.8. The highest BCUT2D eigenvalue weighted by atomic mass is 35.5. The molecule has 0 bridgehead atoms. The molecule has 2 heterocycles. The zero-order valence-electron chi connectivity index (χ0n) is 19.0. The molecule has 2 aliphatic heterocycles. The second-order valence-corrected chi connectivity index (χ2v) is 8.90. The van der Waals surface area contributed by atoms with Crippen LogP contribution in [0.1, 0.15) is 39.5 Å². The largest absolute Gasteiger partial charge is 0.490 e. The van der Waals surface area contributed by atoms with Gasteiger partial charge in [-0.15, -0.1) is 0 Å². The van der Waals surface area contributed by atoms with E-state index in [0.29, 0.717) is 61.7 Å². The van der Waals surface area contributed by atoms with Gasteiger partial charge in [0.05, 0.1) is 36.6 Å². The number of ether oxygens (including phenoxy) is 3. The highest BCUT2D eigenvalue weighted by Gasteiger charge is 2.26. The molecule has 1 aromatic rings. The summed E-state index contributed by atoms with van der Waals surface area (Å²) in [6.45, 7) is 8.09. The Kier molecular flexibility index (Phi) is 9.44. The number of benzene rings is 1. The van der Waals surface area contributed by atoms with Crippen LogP contribution in [-0.4, -0.2) is 68.8 Å². The number of piperidine rings is 1. The second kappa shape index (κ2) is 12.3. The predicted molar refractivity (Wildman–Crippen MR) is 124 cm³/mol. The lowest BCUT2D eigenvalue weighted by molar-refractivity contribution is -0.126. The van der Waals surface area contributed by atoms with Gasteiger partial charge in [0.1, 0.15) is 0 Å². The summed E-state index contributed by atoms with van der Waals surface area (Å²) in [6.07, 6.45) is 3.31. The van der Waals surface area contributed by atoms with Crippen LogP contribution in [0.2, 0.25) is 5.02 Å². The van der Waals surface area contributed by atoms with E-state index in [0.717, 1.165) is 25.7 Å². The van der Waals surface area contributed by atoms with Gasteiger partial charge < -0.3 is 24.8 Å². The molecule has 0 radical (unpaired) electrons. The van der Waals surface area contributed by atoms with Crippen LogP contribution in [0.15, 0.2) is 12.1 Å². The quantitative estimate of drug-likeness (QED) is 0.542. The van der Waals surface area contributed by atoms with Gasteiger partial charge in [-0.05, 0) is 46.2 Å². The van der Waals surface area contributed by atoms with Gasteiger partial charge in [-0.2, -0.15) is 0 Å². The summed E-state index contributed by atoms with van der Waals surface area (Å²) in [5.41, 5.74) is 0.511. The monoisotopic (exact) mass is 467 g/mol. The minimum atomic E-state index is -0.144. The smallest absolute Gasteiger partial charge is 0.238 e. The summed E-state index contributed by atoms with van der Waals surface area (Å²) >= 11 is 6.32. The van der Waals surface area contributed by atoms with Crippen LogP contribution in [0, 0.1) is 5.92 Å². The Bertz CT molecular complexity index is 781. The minimum absolute atomic E-state index is 0.00324. The number of nitrogens with one attached hydrogen (secondary N) is 2. The summed E-state index contributed by atoms with van der Waals surface area (Å²) in [7, 11) is 0. The molecule has 1 saturated heterocycles. The van der Waals surface area contributed by atoms with Crippen molar-refractivity contribution in [2.75, 3.05) is 51.3 Å². The first-order chi connectivity index (χ1) is 15.4. The van der Waals surface area contributed by atoms with Gasteiger partial charge in [-0.3, -0.25) is 14.5 Å². The number of carbonyl (C=O) groups excluding carboxylic acids is 2. The van der Waals surface area contributed by atoms with Crippen LogP contribution in [0.3, 0.4) is 0 Å². The van der Waals surface area contributed by atoms with Crippen molar-refractivity contribution in [1.82, 2.24) is 10.2 Å². The molecule has 2 N–H and O–H groups in total. The first-order valence-electron chi connectivity index (χ1n) is 11.4. The molecule has 32 heavy (non-hydrogen) atoms. The average Bonchev–Trinajstić information content (AvgIpc) is 2.98. The number of hydrogen-bond acceptors (Lipinski definition) is 6. The van der Waals surface area contributed by atoms with Crippen molar-refractivity contribution in [1.29, 1.82) is 0 Å².